The lowest BCUT2D eigenvalue weighted by Gasteiger charge is -2.37. The summed E-state index contributed by atoms with van der Waals surface area (Å²) >= 11 is 0. The molecule has 104 valence electrons. The van der Waals surface area contributed by atoms with Crippen molar-refractivity contribution in [3.8, 4) is 5.75 Å². The molecule has 5 nitrogen and oxygen atoms in total. The second-order valence-electron chi connectivity index (χ2n) is 4.84. The van der Waals surface area contributed by atoms with Crippen LogP contribution in [0.5, 0.6) is 5.75 Å². The molecule has 1 aromatic rings. The van der Waals surface area contributed by atoms with E-state index in [9.17, 15) is 9.90 Å². The van der Waals surface area contributed by atoms with E-state index in [1.807, 2.05) is 6.92 Å². The predicted octanol–water partition coefficient (Wildman–Crippen LogP) is 0.543. The Morgan fingerprint density at radius 3 is 2.89 bits per heavy atom. The van der Waals surface area contributed by atoms with E-state index in [4.69, 9.17) is 9.84 Å². The molecular formula is C14H19NO4. The second-order valence-corrected chi connectivity index (χ2v) is 4.84. The van der Waals surface area contributed by atoms with Crippen LogP contribution < -0.4 is 0 Å². The Kier molecular flexibility index (Phi) is 4.39. The maximum atomic E-state index is 12.3. The Morgan fingerprint density at radius 2 is 2.21 bits per heavy atom. The zero-order valence-corrected chi connectivity index (χ0v) is 11.0. The number of ether oxygens (including phenoxy) is 1. The van der Waals surface area contributed by atoms with Gasteiger partial charge in [-0.15, -0.1) is 0 Å². The van der Waals surface area contributed by atoms with Gasteiger partial charge in [-0.25, -0.2) is 0 Å². The van der Waals surface area contributed by atoms with Gasteiger partial charge >= 0.3 is 0 Å². The molecule has 19 heavy (non-hydrogen) atoms. The van der Waals surface area contributed by atoms with Crippen LogP contribution in [0.25, 0.3) is 0 Å². The van der Waals surface area contributed by atoms with Gasteiger partial charge in [0.1, 0.15) is 5.75 Å². The maximum absolute atomic E-state index is 12.3. The van der Waals surface area contributed by atoms with E-state index in [1.165, 1.54) is 0 Å². The maximum Gasteiger partial charge on any atom is 0.227 e. The van der Waals surface area contributed by atoms with Crippen LogP contribution in [0.15, 0.2) is 24.3 Å². The van der Waals surface area contributed by atoms with Gasteiger partial charge < -0.3 is 19.8 Å². The van der Waals surface area contributed by atoms with E-state index >= 15 is 0 Å². The van der Waals surface area contributed by atoms with Crippen LogP contribution in [0.1, 0.15) is 12.5 Å². The van der Waals surface area contributed by atoms with Crippen LogP contribution >= 0.6 is 0 Å². The summed E-state index contributed by atoms with van der Waals surface area (Å²) in [4.78, 5) is 14.0. The largest absolute Gasteiger partial charge is 0.508 e. The molecule has 2 N–H and O–H groups in total. The molecule has 1 fully saturated rings. The van der Waals surface area contributed by atoms with E-state index in [-0.39, 0.29) is 36.8 Å². The number of carbonyl (C=O) groups is 1. The van der Waals surface area contributed by atoms with Gasteiger partial charge in [0.15, 0.2) is 0 Å². The highest BCUT2D eigenvalue weighted by Gasteiger charge is 2.29. The van der Waals surface area contributed by atoms with Gasteiger partial charge in [0.2, 0.25) is 5.91 Å². The molecule has 0 aliphatic carbocycles. The summed E-state index contributed by atoms with van der Waals surface area (Å²) in [6, 6.07) is 6.81. The number of morpholine rings is 1. The highest BCUT2D eigenvalue weighted by atomic mass is 16.5. The molecule has 0 saturated carbocycles. The molecule has 1 aliphatic rings. The summed E-state index contributed by atoms with van der Waals surface area (Å²) in [7, 11) is 0. The monoisotopic (exact) mass is 265 g/mol. The smallest absolute Gasteiger partial charge is 0.227 e. The first-order valence-corrected chi connectivity index (χ1v) is 6.40. The summed E-state index contributed by atoms with van der Waals surface area (Å²) in [6.45, 7) is 2.64. The minimum Gasteiger partial charge on any atom is -0.508 e. The van der Waals surface area contributed by atoms with Crippen molar-refractivity contribution in [1.82, 2.24) is 4.90 Å². The molecule has 2 atom stereocenters. The molecule has 1 aromatic carbocycles. The number of hydrogen-bond acceptors (Lipinski definition) is 4. The lowest BCUT2D eigenvalue weighted by Crippen LogP contribution is -2.52. The molecule has 0 aromatic heterocycles. The fourth-order valence-electron chi connectivity index (χ4n) is 2.20. The molecule has 0 radical (unpaired) electrons. The topological polar surface area (TPSA) is 70.0 Å². The highest BCUT2D eigenvalue weighted by Crippen LogP contribution is 2.19. The Bertz CT molecular complexity index is 449. The first-order chi connectivity index (χ1) is 9.11. The Labute approximate surface area is 112 Å². The fraction of sp³-hybridized carbons (Fsp3) is 0.500. The molecule has 1 saturated heterocycles. The van der Waals surface area contributed by atoms with Crippen LogP contribution in [-0.4, -0.2) is 52.9 Å². The van der Waals surface area contributed by atoms with Crippen LogP contribution in [0.3, 0.4) is 0 Å². The van der Waals surface area contributed by atoms with Crippen LogP contribution in [0, 0.1) is 0 Å². The predicted molar refractivity (Wildman–Crippen MR) is 69.8 cm³/mol. The van der Waals surface area contributed by atoms with Crippen molar-refractivity contribution in [3.63, 3.8) is 0 Å². The number of nitrogens with zero attached hydrogens (tertiary/aromatic N) is 1. The number of benzene rings is 1. The van der Waals surface area contributed by atoms with Crippen molar-refractivity contribution in [2.24, 2.45) is 0 Å². The van der Waals surface area contributed by atoms with Crippen LogP contribution in [0.4, 0.5) is 0 Å². The van der Waals surface area contributed by atoms with Gasteiger partial charge in [-0.3, -0.25) is 4.79 Å². The van der Waals surface area contributed by atoms with E-state index in [2.05, 4.69) is 0 Å². The lowest BCUT2D eigenvalue weighted by molar-refractivity contribution is -0.145. The van der Waals surface area contributed by atoms with Crippen molar-refractivity contribution >= 4 is 5.91 Å². The summed E-state index contributed by atoms with van der Waals surface area (Å²) in [5.41, 5.74) is 0.617. The zero-order valence-electron chi connectivity index (χ0n) is 11.0. The van der Waals surface area contributed by atoms with Crippen LogP contribution in [-0.2, 0) is 16.0 Å². The van der Waals surface area contributed by atoms with Crippen LogP contribution in [0.2, 0.25) is 0 Å². The third-order valence-corrected chi connectivity index (χ3v) is 3.36. The third-order valence-electron chi connectivity index (χ3n) is 3.36. The van der Waals surface area contributed by atoms with Gasteiger partial charge in [0.05, 0.1) is 31.8 Å². The third kappa shape index (κ3) is 3.24. The summed E-state index contributed by atoms with van der Waals surface area (Å²) in [5, 5.41) is 18.8. The molecule has 2 unspecified atom stereocenters. The van der Waals surface area contributed by atoms with Gasteiger partial charge in [-0.1, -0.05) is 18.2 Å². The molecule has 0 bridgehead atoms. The second kappa shape index (κ2) is 6.04. The average molecular weight is 265 g/mol. The average Bonchev–Trinajstić information content (AvgIpc) is 2.42. The van der Waals surface area contributed by atoms with Crippen molar-refractivity contribution in [3.05, 3.63) is 29.8 Å². The molecular weight excluding hydrogens is 246 g/mol. The number of phenols is 1. The Balaban J connectivity index is 2.04. The number of aliphatic hydroxyl groups excluding tert-OH is 1. The summed E-state index contributed by atoms with van der Waals surface area (Å²) < 4.78 is 5.40. The number of aliphatic hydroxyl groups is 1. The van der Waals surface area contributed by atoms with Gasteiger partial charge in [0.25, 0.3) is 0 Å². The van der Waals surface area contributed by atoms with Gasteiger partial charge in [-0.2, -0.15) is 0 Å². The van der Waals surface area contributed by atoms with Crippen molar-refractivity contribution in [2.45, 2.75) is 25.5 Å². The number of carbonyl (C=O) groups excluding carboxylic acids is 1. The Morgan fingerprint density at radius 1 is 1.47 bits per heavy atom. The number of aromatic hydroxyl groups is 1. The van der Waals surface area contributed by atoms with Gasteiger partial charge in [-0.05, 0) is 13.0 Å². The van der Waals surface area contributed by atoms with E-state index in [0.29, 0.717) is 18.7 Å². The fourth-order valence-corrected chi connectivity index (χ4v) is 2.20. The zero-order chi connectivity index (χ0) is 13.8. The SMILES string of the molecule is CC1COC(CO)CN1C(=O)Cc1ccccc1O. The Hall–Kier alpha value is -1.59. The summed E-state index contributed by atoms with van der Waals surface area (Å²) in [5.74, 6) is 0.0752. The molecule has 2 rings (SSSR count). The standard InChI is InChI=1S/C14H19NO4/c1-10-9-19-12(8-16)7-15(10)14(18)6-11-4-2-3-5-13(11)17/h2-5,10,12,16-17H,6-9H2,1H3. The quantitative estimate of drug-likeness (QED) is 0.837. The first-order valence-electron chi connectivity index (χ1n) is 6.40. The van der Waals surface area contributed by atoms with E-state index in [1.54, 1.807) is 29.2 Å². The van der Waals surface area contributed by atoms with Crippen molar-refractivity contribution in [1.29, 1.82) is 0 Å². The van der Waals surface area contributed by atoms with Crippen molar-refractivity contribution in [2.75, 3.05) is 19.8 Å². The number of para-hydroxylation sites is 1. The molecule has 1 heterocycles. The van der Waals surface area contributed by atoms with E-state index < -0.39 is 0 Å². The molecule has 1 amide bonds. The highest BCUT2D eigenvalue weighted by molar-refractivity contribution is 5.80. The minimum atomic E-state index is -0.315. The normalized spacial score (nSPS) is 23.4. The molecule has 5 heteroatoms. The first kappa shape index (κ1) is 13.8. The molecule has 0 spiro atoms. The minimum absolute atomic E-state index is 0.0128. The number of amides is 1. The lowest BCUT2D eigenvalue weighted by atomic mass is 10.1. The number of rotatable bonds is 3. The van der Waals surface area contributed by atoms with E-state index in [0.717, 1.165) is 0 Å². The van der Waals surface area contributed by atoms with Gasteiger partial charge in [0, 0.05) is 12.1 Å². The van der Waals surface area contributed by atoms with Crippen molar-refractivity contribution < 1.29 is 19.7 Å². The number of hydrogen-bond donors (Lipinski definition) is 2. The molecule has 1 aliphatic heterocycles. The summed E-state index contributed by atoms with van der Waals surface area (Å²) in [6.07, 6.45) is -0.153. The number of phenolic OH excluding ortho intramolecular Hbond substituents is 1.